The number of halogens is 1. The molecule has 3 nitrogen and oxygen atoms in total. The van der Waals surface area contributed by atoms with Crippen LogP contribution in [0.5, 0.6) is 0 Å². The van der Waals surface area contributed by atoms with Crippen LogP contribution in [0.2, 0.25) is 0 Å². The number of hydrogen-bond acceptors (Lipinski definition) is 2. The van der Waals surface area contributed by atoms with E-state index in [9.17, 15) is 4.79 Å². The molecule has 0 atom stereocenters. The van der Waals surface area contributed by atoms with Crippen LogP contribution in [0.15, 0.2) is 22.8 Å². The molecule has 82 valence electrons. The van der Waals surface area contributed by atoms with Crippen LogP contribution in [0, 0.1) is 0 Å². The Balaban J connectivity index is 2.88. The Hall–Kier alpha value is -0.900. The summed E-state index contributed by atoms with van der Waals surface area (Å²) in [5, 5.41) is 0. The van der Waals surface area contributed by atoms with Gasteiger partial charge in [0.05, 0.1) is 0 Å². The van der Waals surface area contributed by atoms with Crippen LogP contribution in [0.25, 0.3) is 0 Å². The quantitative estimate of drug-likeness (QED) is 0.843. The first-order valence-corrected chi connectivity index (χ1v) is 5.89. The van der Waals surface area contributed by atoms with Gasteiger partial charge in [-0.1, -0.05) is 6.92 Å². The van der Waals surface area contributed by atoms with Crippen molar-refractivity contribution in [3.63, 3.8) is 0 Å². The number of rotatable bonds is 4. The van der Waals surface area contributed by atoms with Gasteiger partial charge in [0.1, 0.15) is 5.69 Å². The first kappa shape index (κ1) is 12.2. The smallest absolute Gasteiger partial charge is 0.273 e. The SMILES string of the molecule is CCCN(CC)C(=O)c1ncccc1Br. The molecule has 0 saturated carbocycles. The second-order valence-electron chi connectivity index (χ2n) is 3.22. The Labute approximate surface area is 98.6 Å². The zero-order chi connectivity index (χ0) is 11.3. The summed E-state index contributed by atoms with van der Waals surface area (Å²) in [5.41, 5.74) is 0.493. The summed E-state index contributed by atoms with van der Waals surface area (Å²) in [6.45, 7) is 5.53. The van der Waals surface area contributed by atoms with Crippen molar-refractivity contribution in [1.82, 2.24) is 9.88 Å². The minimum atomic E-state index is -0.00757. The van der Waals surface area contributed by atoms with Crippen molar-refractivity contribution >= 4 is 21.8 Å². The van der Waals surface area contributed by atoms with Gasteiger partial charge in [-0.05, 0) is 41.4 Å². The van der Waals surface area contributed by atoms with Crippen molar-refractivity contribution in [2.24, 2.45) is 0 Å². The van der Waals surface area contributed by atoms with Gasteiger partial charge >= 0.3 is 0 Å². The number of carbonyl (C=O) groups is 1. The predicted molar refractivity (Wildman–Crippen MR) is 63.8 cm³/mol. The Morgan fingerprint density at radius 3 is 2.80 bits per heavy atom. The molecule has 0 spiro atoms. The maximum Gasteiger partial charge on any atom is 0.273 e. The van der Waals surface area contributed by atoms with Crippen molar-refractivity contribution in [3.05, 3.63) is 28.5 Å². The van der Waals surface area contributed by atoms with E-state index in [1.54, 1.807) is 17.2 Å². The summed E-state index contributed by atoms with van der Waals surface area (Å²) in [7, 11) is 0. The fourth-order valence-electron chi connectivity index (χ4n) is 1.37. The Morgan fingerprint density at radius 2 is 2.27 bits per heavy atom. The van der Waals surface area contributed by atoms with E-state index in [-0.39, 0.29) is 5.91 Å². The molecule has 0 aromatic carbocycles. The summed E-state index contributed by atoms with van der Waals surface area (Å²) in [4.78, 5) is 17.9. The Morgan fingerprint density at radius 1 is 1.53 bits per heavy atom. The third kappa shape index (κ3) is 3.02. The lowest BCUT2D eigenvalue weighted by Gasteiger charge is -2.19. The third-order valence-electron chi connectivity index (χ3n) is 2.12. The van der Waals surface area contributed by atoms with Gasteiger partial charge in [-0.25, -0.2) is 4.98 Å². The minimum Gasteiger partial charge on any atom is -0.338 e. The van der Waals surface area contributed by atoms with Gasteiger partial charge < -0.3 is 4.90 Å². The van der Waals surface area contributed by atoms with Crippen LogP contribution >= 0.6 is 15.9 Å². The summed E-state index contributed by atoms with van der Waals surface area (Å²) >= 11 is 3.34. The molecule has 0 aliphatic heterocycles. The van der Waals surface area contributed by atoms with Crippen molar-refractivity contribution in [1.29, 1.82) is 0 Å². The molecule has 0 unspecified atom stereocenters. The molecule has 1 heterocycles. The number of nitrogens with zero attached hydrogens (tertiary/aromatic N) is 2. The van der Waals surface area contributed by atoms with E-state index >= 15 is 0 Å². The lowest BCUT2D eigenvalue weighted by molar-refractivity contribution is 0.0757. The molecule has 4 heteroatoms. The Bertz CT molecular complexity index is 341. The second-order valence-corrected chi connectivity index (χ2v) is 4.07. The van der Waals surface area contributed by atoms with Crippen LogP contribution in [0.4, 0.5) is 0 Å². The van der Waals surface area contributed by atoms with Crippen LogP contribution < -0.4 is 0 Å². The maximum absolute atomic E-state index is 12.0. The molecule has 1 rings (SSSR count). The summed E-state index contributed by atoms with van der Waals surface area (Å²) in [5.74, 6) is -0.00757. The fraction of sp³-hybridized carbons (Fsp3) is 0.455. The highest BCUT2D eigenvalue weighted by Gasteiger charge is 2.16. The molecule has 0 aliphatic rings. The highest BCUT2D eigenvalue weighted by molar-refractivity contribution is 9.10. The van der Waals surface area contributed by atoms with Gasteiger partial charge in [-0.15, -0.1) is 0 Å². The number of pyridine rings is 1. The predicted octanol–water partition coefficient (Wildman–Crippen LogP) is 2.72. The minimum absolute atomic E-state index is 0.00757. The standard InChI is InChI=1S/C11H15BrN2O/c1-3-8-14(4-2)11(15)10-9(12)6-5-7-13-10/h5-7H,3-4,8H2,1-2H3. The molecule has 0 fully saturated rings. The molecule has 0 radical (unpaired) electrons. The first-order chi connectivity index (χ1) is 7.20. The molecule has 1 amide bonds. The van der Waals surface area contributed by atoms with Crippen LogP contribution in [0.3, 0.4) is 0 Å². The molecule has 0 N–H and O–H groups in total. The normalized spacial score (nSPS) is 10.1. The molecular weight excluding hydrogens is 256 g/mol. The van der Waals surface area contributed by atoms with E-state index in [0.29, 0.717) is 5.69 Å². The average Bonchev–Trinajstić information content (AvgIpc) is 2.25. The maximum atomic E-state index is 12.0. The highest BCUT2D eigenvalue weighted by atomic mass is 79.9. The largest absolute Gasteiger partial charge is 0.338 e. The number of carbonyl (C=O) groups excluding carboxylic acids is 1. The van der Waals surface area contributed by atoms with E-state index in [0.717, 1.165) is 24.0 Å². The molecule has 1 aromatic heterocycles. The van der Waals surface area contributed by atoms with Gasteiger partial charge in [0.15, 0.2) is 0 Å². The molecular formula is C11H15BrN2O. The molecule has 0 bridgehead atoms. The second kappa shape index (κ2) is 5.85. The van der Waals surface area contributed by atoms with Gasteiger partial charge in [-0.2, -0.15) is 0 Å². The topological polar surface area (TPSA) is 33.2 Å². The van der Waals surface area contributed by atoms with E-state index in [4.69, 9.17) is 0 Å². The van der Waals surface area contributed by atoms with Crippen molar-refractivity contribution in [2.75, 3.05) is 13.1 Å². The van der Waals surface area contributed by atoms with Gasteiger partial charge in [0.25, 0.3) is 5.91 Å². The lowest BCUT2D eigenvalue weighted by Crippen LogP contribution is -2.32. The van der Waals surface area contributed by atoms with Crippen LogP contribution in [-0.4, -0.2) is 28.9 Å². The molecule has 0 saturated heterocycles. The van der Waals surface area contributed by atoms with Crippen LogP contribution in [0.1, 0.15) is 30.8 Å². The monoisotopic (exact) mass is 270 g/mol. The average molecular weight is 271 g/mol. The van der Waals surface area contributed by atoms with Crippen LogP contribution in [-0.2, 0) is 0 Å². The molecule has 15 heavy (non-hydrogen) atoms. The lowest BCUT2D eigenvalue weighted by atomic mass is 10.3. The van der Waals surface area contributed by atoms with E-state index < -0.39 is 0 Å². The molecule has 1 aromatic rings. The van der Waals surface area contributed by atoms with Crippen molar-refractivity contribution < 1.29 is 4.79 Å². The third-order valence-corrected chi connectivity index (χ3v) is 2.76. The summed E-state index contributed by atoms with van der Waals surface area (Å²) in [6.07, 6.45) is 2.60. The number of hydrogen-bond donors (Lipinski definition) is 0. The highest BCUT2D eigenvalue weighted by Crippen LogP contribution is 2.15. The Kier molecular flexibility index (Phi) is 4.75. The number of aromatic nitrogens is 1. The van der Waals surface area contributed by atoms with Gasteiger partial charge in [-0.3, -0.25) is 4.79 Å². The summed E-state index contributed by atoms with van der Waals surface area (Å²) < 4.78 is 0.754. The van der Waals surface area contributed by atoms with Crippen molar-refractivity contribution in [3.8, 4) is 0 Å². The summed E-state index contributed by atoms with van der Waals surface area (Å²) in [6, 6.07) is 3.64. The van der Waals surface area contributed by atoms with E-state index in [1.165, 1.54) is 0 Å². The number of amides is 1. The fourth-order valence-corrected chi connectivity index (χ4v) is 1.79. The zero-order valence-electron chi connectivity index (χ0n) is 9.03. The van der Waals surface area contributed by atoms with Crippen molar-refractivity contribution in [2.45, 2.75) is 20.3 Å². The van der Waals surface area contributed by atoms with Gasteiger partial charge in [0, 0.05) is 23.8 Å². The van der Waals surface area contributed by atoms with Gasteiger partial charge in [0.2, 0.25) is 0 Å². The van der Waals surface area contributed by atoms with E-state index in [2.05, 4.69) is 27.8 Å². The first-order valence-electron chi connectivity index (χ1n) is 5.10. The zero-order valence-corrected chi connectivity index (χ0v) is 10.6. The molecule has 0 aliphatic carbocycles. The van der Waals surface area contributed by atoms with E-state index in [1.807, 2.05) is 13.0 Å².